The van der Waals surface area contributed by atoms with Crippen LogP contribution in [0.5, 0.6) is 11.6 Å². The Kier molecular flexibility index (Phi) is 4.19. The Labute approximate surface area is 118 Å². The smallest absolute Gasteiger partial charge is 0.273 e. The number of nitro groups is 1. The van der Waals surface area contributed by atoms with Crippen molar-refractivity contribution in [1.82, 2.24) is 4.98 Å². The van der Waals surface area contributed by atoms with Crippen LogP contribution in [0.4, 0.5) is 5.69 Å². The van der Waals surface area contributed by atoms with Gasteiger partial charge in [-0.05, 0) is 11.6 Å². The molecule has 2 aromatic rings. The van der Waals surface area contributed by atoms with Gasteiger partial charge in [-0.2, -0.15) is 0 Å². The highest BCUT2D eigenvalue weighted by molar-refractivity contribution is 6.32. The van der Waals surface area contributed by atoms with Gasteiger partial charge in [-0.25, -0.2) is 4.98 Å². The predicted octanol–water partition coefficient (Wildman–Crippen LogP) is 4.17. The third-order valence-electron chi connectivity index (χ3n) is 2.29. The van der Waals surface area contributed by atoms with Crippen molar-refractivity contribution in [3.8, 4) is 11.6 Å². The number of hydrogen-bond acceptors (Lipinski definition) is 4. The van der Waals surface area contributed by atoms with Gasteiger partial charge in [-0.1, -0.05) is 17.7 Å². The number of hydrogen-bond donors (Lipinski definition) is 0. The molecular formula is C12H8Cl2N2O3. The van der Waals surface area contributed by atoms with Crippen molar-refractivity contribution in [2.75, 3.05) is 0 Å². The topological polar surface area (TPSA) is 65.3 Å². The SMILES string of the molecule is O=[N+]([O-])c1ccc(Cl)c(Oc2ccc(CCl)cn2)c1. The number of pyridine rings is 1. The predicted molar refractivity (Wildman–Crippen MR) is 72.0 cm³/mol. The van der Waals surface area contributed by atoms with E-state index < -0.39 is 4.92 Å². The molecule has 0 spiro atoms. The van der Waals surface area contributed by atoms with Gasteiger partial charge in [-0.15, -0.1) is 11.6 Å². The zero-order chi connectivity index (χ0) is 13.8. The average Bonchev–Trinajstić information content (AvgIpc) is 2.42. The van der Waals surface area contributed by atoms with Crippen LogP contribution in [-0.4, -0.2) is 9.91 Å². The number of benzene rings is 1. The summed E-state index contributed by atoms with van der Waals surface area (Å²) in [5.74, 6) is 0.823. The number of rotatable bonds is 4. The maximum Gasteiger partial charge on any atom is 0.273 e. The summed E-state index contributed by atoms with van der Waals surface area (Å²) < 4.78 is 5.41. The van der Waals surface area contributed by atoms with E-state index in [1.165, 1.54) is 18.2 Å². The summed E-state index contributed by atoms with van der Waals surface area (Å²) in [5, 5.41) is 10.9. The van der Waals surface area contributed by atoms with E-state index in [4.69, 9.17) is 27.9 Å². The van der Waals surface area contributed by atoms with Gasteiger partial charge in [-0.3, -0.25) is 10.1 Å². The summed E-state index contributed by atoms with van der Waals surface area (Å²) in [6, 6.07) is 7.33. The molecule has 0 saturated carbocycles. The molecule has 0 bridgehead atoms. The molecule has 1 aromatic heterocycles. The van der Waals surface area contributed by atoms with Gasteiger partial charge >= 0.3 is 0 Å². The van der Waals surface area contributed by atoms with E-state index in [-0.39, 0.29) is 22.3 Å². The Hall–Kier alpha value is -1.85. The number of halogens is 2. The second kappa shape index (κ2) is 5.86. The first kappa shape index (κ1) is 13.6. The van der Waals surface area contributed by atoms with Gasteiger partial charge < -0.3 is 4.74 Å². The molecule has 0 N–H and O–H groups in total. The van der Waals surface area contributed by atoms with Crippen molar-refractivity contribution in [2.24, 2.45) is 0 Å². The number of alkyl halides is 1. The van der Waals surface area contributed by atoms with E-state index in [0.29, 0.717) is 5.88 Å². The highest BCUT2D eigenvalue weighted by Gasteiger charge is 2.11. The first-order chi connectivity index (χ1) is 9.10. The van der Waals surface area contributed by atoms with Crippen molar-refractivity contribution in [3.05, 3.63) is 57.2 Å². The zero-order valence-corrected chi connectivity index (χ0v) is 11.1. The Morgan fingerprint density at radius 3 is 2.68 bits per heavy atom. The maximum absolute atomic E-state index is 10.7. The summed E-state index contributed by atoms with van der Waals surface area (Å²) in [5.41, 5.74) is 0.746. The molecule has 0 radical (unpaired) electrons. The van der Waals surface area contributed by atoms with Crippen molar-refractivity contribution < 1.29 is 9.66 Å². The maximum atomic E-state index is 10.7. The largest absolute Gasteiger partial charge is 0.437 e. The van der Waals surface area contributed by atoms with Crippen molar-refractivity contribution in [1.29, 1.82) is 0 Å². The molecule has 0 atom stereocenters. The van der Waals surface area contributed by atoms with Crippen LogP contribution >= 0.6 is 23.2 Å². The van der Waals surface area contributed by atoms with Crippen molar-refractivity contribution in [2.45, 2.75) is 5.88 Å². The average molecular weight is 299 g/mol. The van der Waals surface area contributed by atoms with Gasteiger partial charge in [0.15, 0.2) is 5.75 Å². The van der Waals surface area contributed by atoms with Crippen LogP contribution in [0.25, 0.3) is 0 Å². The van der Waals surface area contributed by atoms with E-state index in [1.54, 1.807) is 18.3 Å². The molecule has 0 fully saturated rings. The van der Waals surface area contributed by atoms with Crippen molar-refractivity contribution in [3.63, 3.8) is 0 Å². The minimum atomic E-state index is -0.521. The lowest BCUT2D eigenvalue weighted by atomic mass is 10.3. The number of nitrogens with zero attached hydrogens (tertiary/aromatic N) is 2. The van der Waals surface area contributed by atoms with Gasteiger partial charge in [0.2, 0.25) is 5.88 Å². The lowest BCUT2D eigenvalue weighted by molar-refractivity contribution is -0.384. The Morgan fingerprint density at radius 2 is 2.11 bits per heavy atom. The van der Waals surface area contributed by atoms with Gasteiger partial charge in [0, 0.05) is 24.2 Å². The van der Waals surface area contributed by atoms with Crippen LogP contribution in [0.3, 0.4) is 0 Å². The molecular weight excluding hydrogens is 291 g/mol. The van der Waals surface area contributed by atoms with Crippen LogP contribution in [0, 0.1) is 10.1 Å². The normalized spacial score (nSPS) is 10.2. The highest BCUT2D eigenvalue weighted by Crippen LogP contribution is 2.31. The second-order valence-electron chi connectivity index (χ2n) is 3.61. The summed E-state index contributed by atoms with van der Waals surface area (Å²) in [4.78, 5) is 14.2. The van der Waals surface area contributed by atoms with Crippen LogP contribution in [0.15, 0.2) is 36.5 Å². The van der Waals surface area contributed by atoms with E-state index in [0.717, 1.165) is 5.56 Å². The van der Waals surface area contributed by atoms with E-state index >= 15 is 0 Å². The summed E-state index contributed by atoms with van der Waals surface area (Å²) >= 11 is 11.6. The molecule has 19 heavy (non-hydrogen) atoms. The van der Waals surface area contributed by atoms with Crippen LogP contribution in [0.2, 0.25) is 5.02 Å². The second-order valence-corrected chi connectivity index (χ2v) is 4.29. The van der Waals surface area contributed by atoms with E-state index in [2.05, 4.69) is 4.98 Å². The number of nitro benzene ring substituents is 1. The minimum absolute atomic E-state index is 0.100. The molecule has 1 heterocycles. The Bertz CT molecular complexity index is 602. The van der Waals surface area contributed by atoms with Crippen molar-refractivity contribution >= 4 is 28.9 Å². The fraction of sp³-hybridized carbons (Fsp3) is 0.0833. The molecule has 0 aliphatic heterocycles. The molecule has 1 aromatic carbocycles. The van der Waals surface area contributed by atoms with Gasteiger partial charge in [0.1, 0.15) is 0 Å². The molecule has 98 valence electrons. The fourth-order valence-electron chi connectivity index (χ4n) is 1.35. The zero-order valence-electron chi connectivity index (χ0n) is 9.55. The third kappa shape index (κ3) is 3.33. The molecule has 2 rings (SSSR count). The molecule has 0 saturated heterocycles. The lowest BCUT2D eigenvalue weighted by Gasteiger charge is -2.06. The Morgan fingerprint density at radius 1 is 1.32 bits per heavy atom. The first-order valence-corrected chi connectivity index (χ1v) is 6.14. The summed E-state index contributed by atoms with van der Waals surface area (Å²) in [6.45, 7) is 0. The standard InChI is InChI=1S/C12H8Cl2N2O3/c13-6-8-1-4-12(15-7-8)19-11-5-9(16(17)18)2-3-10(11)14/h1-5,7H,6H2. The minimum Gasteiger partial charge on any atom is -0.437 e. The quantitative estimate of drug-likeness (QED) is 0.482. The monoisotopic (exact) mass is 298 g/mol. The summed E-state index contributed by atoms with van der Waals surface area (Å²) in [7, 11) is 0. The Balaban J connectivity index is 2.26. The van der Waals surface area contributed by atoms with E-state index in [1.807, 2.05) is 0 Å². The number of ether oxygens (including phenoxy) is 1. The number of non-ortho nitro benzene ring substituents is 1. The molecule has 5 nitrogen and oxygen atoms in total. The van der Waals surface area contributed by atoms with Crippen LogP contribution in [0.1, 0.15) is 5.56 Å². The van der Waals surface area contributed by atoms with Crippen LogP contribution < -0.4 is 4.74 Å². The molecule has 7 heteroatoms. The van der Waals surface area contributed by atoms with Gasteiger partial charge in [0.05, 0.1) is 16.0 Å². The lowest BCUT2D eigenvalue weighted by Crippen LogP contribution is -1.92. The third-order valence-corrected chi connectivity index (χ3v) is 2.91. The number of aromatic nitrogens is 1. The fourth-order valence-corrected chi connectivity index (χ4v) is 1.66. The molecule has 0 aliphatic rings. The molecule has 0 amide bonds. The first-order valence-electron chi connectivity index (χ1n) is 5.23. The van der Waals surface area contributed by atoms with Gasteiger partial charge in [0.25, 0.3) is 5.69 Å². The molecule has 0 aliphatic carbocycles. The molecule has 0 unspecified atom stereocenters. The summed E-state index contributed by atoms with van der Waals surface area (Å²) in [6.07, 6.45) is 1.56. The van der Waals surface area contributed by atoms with E-state index in [9.17, 15) is 10.1 Å². The highest BCUT2D eigenvalue weighted by atomic mass is 35.5. The van der Waals surface area contributed by atoms with Crippen LogP contribution in [-0.2, 0) is 5.88 Å².